The Morgan fingerprint density at radius 3 is 1.86 bits per heavy atom. The van der Waals surface area contributed by atoms with Crippen LogP contribution in [0.1, 0.15) is 194 Å². The van der Waals surface area contributed by atoms with Gasteiger partial charge in [0.1, 0.15) is 30.7 Å². The largest absolute Gasteiger partial charge is 0.481 e. The van der Waals surface area contributed by atoms with E-state index in [1.165, 1.54) is 76.7 Å². The number of esters is 2. The number of hydrogen-bond acceptors (Lipinski definition) is 16. The number of aliphatic hydroxyl groups excluding tert-OH is 3. The minimum absolute atomic E-state index is 0.0404. The third-order valence-corrected chi connectivity index (χ3v) is 15.1. The van der Waals surface area contributed by atoms with E-state index in [1.54, 1.807) is 0 Å². The third kappa shape index (κ3) is 32.3. The SMILES string of the molecule is CCCC(O)C/C=C\C/C=C\C/C=C\C/C=C\CCCC(=O)O[C@H](COC(=O)CCCCCCCCCCCCCCCCC(C)CC)COP(=O)(O)OP(=O)(O)OC[C@H]1O[C@@H](n2ccc(N)nc2=O)[C@H](O)[C@@H]1O. The van der Waals surface area contributed by atoms with Crippen LogP contribution in [-0.2, 0) is 46.3 Å². The van der Waals surface area contributed by atoms with Crippen molar-refractivity contribution >= 4 is 33.4 Å². The number of rotatable bonds is 44. The van der Waals surface area contributed by atoms with Crippen LogP contribution in [0.3, 0.4) is 0 Å². The fourth-order valence-corrected chi connectivity index (χ4v) is 10.1. The lowest BCUT2D eigenvalue weighted by atomic mass is 9.99. The van der Waals surface area contributed by atoms with E-state index in [9.17, 15) is 48.6 Å². The molecule has 0 aromatic carbocycles. The summed E-state index contributed by atoms with van der Waals surface area (Å²) in [6.07, 6.45) is 33.9. The Morgan fingerprint density at radius 2 is 1.28 bits per heavy atom. The topological polar surface area (TPSA) is 286 Å². The molecule has 19 nitrogen and oxygen atoms in total. The molecule has 0 amide bonds. The van der Waals surface area contributed by atoms with Crippen LogP contribution < -0.4 is 11.4 Å². The van der Waals surface area contributed by atoms with Crippen LogP contribution in [0.4, 0.5) is 5.82 Å². The van der Waals surface area contributed by atoms with Crippen molar-refractivity contribution in [3.8, 4) is 0 Å². The summed E-state index contributed by atoms with van der Waals surface area (Å²) >= 11 is 0. The molecule has 9 atom stereocenters. The molecule has 1 aromatic rings. The summed E-state index contributed by atoms with van der Waals surface area (Å²) in [4.78, 5) is 62.0. The maximum atomic E-state index is 12.9. The van der Waals surface area contributed by atoms with E-state index < -0.39 is 83.7 Å². The molecule has 1 aliphatic heterocycles. The summed E-state index contributed by atoms with van der Waals surface area (Å²) in [7, 11) is -10.9. The smallest absolute Gasteiger partial charge is 0.462 e. The molecular weight excluding hydrogens is 997 g/mol. The van der Waals surface area contributed by atoms with Gasteiger partial charge in [0.25, 0.3) is 0 Å². The summed E-state index contributed by atoms with van der Waals surface area (Å²) < 4.78 is 56.8. The molecule has 0 saturated carbocycles. The van der Waals surface area contributed by atoms with Crippen molar-refractivity contribution in [2.75, 3.05) is 25.6 Å². The molecular formula is C53H91N3O16P2. The molecule has 424 valence electrons. The highest BCUT2D eigenvalue weighted by atomic mass is 31.3. The van der Waals surface area contributed by atoms with Gasteiger partial charge in [0.05, 0.1) is 19.3 Å². The lowest BCUT2D eigenvalue weighted by Gasteiger charge is -2.21. The number of carbonyl (C=O) groups excluding carboxylic acids is 2. The standard InChI is InChI=1S/C53H91N3O16P2/c1-4-33-44(57)35-30-26-22-18-14-10-8-12-16-20-24-28-32-37-49(59)70-45(40-67-48(58)36-31-27-23-19-15-11-7-6-9-13-17-21-25-29-34-43(3)5-2)41-68-73(63,64)72-74(65,66)69-42-46-50(60)51(61)52(71-46)56-39-38-47(54)55-53(56)62/h8,12,14,18,20,24,26,30,38-39,43-46,50-52,57,60-61H,4-7,9-11,13,15-17,19,21-23,25,27-29,31-37,40-42H2,1-3H3,(H,63,64)(H,65,66)(H2,54,55,62)/b12-8-,18-14-,24-20-,30-26-/t43?,44?,45-,46-,50-,51-,52-/m1/s1. The molecule has 1 aliphatic rings. The van der Waals surface area contributed by atoms with Crippen molar-refractivity contribution in [1.29, 1.82) is 0 Å². The number of nitrogens with two attached hydrogens (primary N) is 1. The van der Waals surface area contributed by atoms with Crippen LogP contribution in [0.2, 0.25) is 0 Å². The second-order valence-electron chi connectivity index (χ2n) is 19.2. The fourth-order valence-electron chi connectivity index (χ4n) is 7.94. The molecule has 1 aromatic heterocycles. The molecule has 0 spiro atoms. The van der Waals surface area contributed by atoms with Crippen molar-refractivity contribution in [2.45, 2.75) is 224 Å². The van der Waals surface area contributed by atoms with E-state index in [0.29, 0.717) is 32.1 Å². The van der Waals surface area contributed by atoms with Gasteiger partial charge in [0.2, 0.25) is 0 Å². The van der Waals surface area contributed by atoms with Gasteiger partial charge >= 0.3 is 33.3 Å². The van der Waals surface area contributed by atoms with Gasteiger partial charge in [-0.1, -0.05) is 172 Å². The Hall–Kier alpha value is -3.32. The minimum atomic E-state index is -5.45. The number of allylic oxidation sites excluding steroid dienone is 7. The van der Waals surface area contributed by atoms with Gasteiger partial charge in [0.15, 0.2) is 12.3 Å². The Kier molecular flexibility index (Phi) is 36.1. The summed E-state index contributed by atoms with van der Waals surface area (Å²) in [5.41, 5.74) is 4.58. The molecule has 74 heavy (non-hydrogen) atoms. The van der Waals surface area contributed by atoms with Gasteiger partial charge in [-0.25, -0.2) is 13.9 Å². The average molecular weight is 1090 g/mol. The van der Waals surface area contributed by atoms with Crippen molar-refractivity contribution in [3.63, 3.8) is 0 Å². The Morgan fingerprint density at radius 1 is 0.743 bits per heavy atom. The number of nitrogen functional groups attached to an aromatic ring is 1. The van der Waals surface area contributed by atoms with Crippen LogP contribution in [-0.4, -0.2) is 96.9 Å². The minimum Gasteiger partial charge on any atom is -0.462 e. The Balaban J connectivity index is 1.80. The number of nitrogens with zero attached hydrogens (tertiary/aromatic N) is 2. The zero-order chi connectivity index (χ0) is 54.5. The van der Waals surface area contributed by atoms with E-state index in [4.69, 9.17) is 29.0 Å². The lowest BCUT2D eigenvalue weighted by molar-refractivity contribution is -0.161. The van der Waals surface area contributed by atoms with Crippen molar-refractivity contribution in [3.05, 3.63) is 71.4 Å². The Labute approximate surface area is 440 Å². The highest BCUT2D eigenvalue weighted by Crippen LogP contribution is 2.60. The second kappa shape index (κ2) is 40.0. The highest BCUT2D eigenvalue weighted by Gasteiger charge is 2.46. The number of unbranched alkanes of at least 4 members (excludes halogenated alkanes) is 14. The molecule has 0 aliphatic carbocycles. The molecule has 7 N–H and O–H groups in total. The zero-order valence-corrected chi connectivity index (χ0v) is 46.2. The number of ether oxygens (including phenoxy) is 3. The number of carbonyl (C=O) groups is 2. The van der Waals surface area contributed by atoms with Gasteiger partial charge < -0.3 is 45.1 Å². The van der Waals surface area contributed by atoms with E-state index in [-0.39, 0.29) is 24.8 Å². The number of anilines is 1. The van der Waals surface area contributed by atoms with E-state index in [0.717, 1.165) is 68.0 Å². The van der Waals surface area contributed by atoms with Crippen LogP contribution in [0.5, 0.6) is 0 Å². The summed E-state index contributed by atoms with van der Waals surface area (Å²) in [6, 6.07) is 1.24. The van der Waals surface area contributed by atoms with Crippen LogP contribution >= 0.6 is 15.6 Å². The molecule has 0 radical (unpaired) electrons. The highest BCUT2D eigenvalue weighted by molar-refractivity contribution is 7.61. The number of phosphoric ester groups is 2. The van der Waals surface area contributed by atoms with Gasteiger partial charge in [-0.2, -0.15) is 9.29 Å². The Bertz CT molecular complexity index is 1960. The molecule has 1 saturated heterocycles. The monoisotopic (exact) mass is 1090 g/mol. The van der Waals surface area contributed by atoms with Crippen molar-refractivity contribution in [1.82, 2.24) is 9.55 Å². The second-order valence-corrected chi connectivity index (χ2v) is 22.2. The number of hydrogen-bond donors (Lipinski definition) is 6. The predicted octanol–water partition coefficient (Wildman–Crippen LogP) is 10.6. The van der Waals surface area contributed by atoms with E-state index >= 15 is 0 Å². The third-order valence-electron chi connectivity index (χ3n) is 12.5. The van der Waals surface area contributed by atoms with Gasteiger partial charge in [-0.15, -0.1) is 0 Å². The van der Waals surface area contributed by atoms with Gasteiger partial charge in [0, 0.05) is 19.0 Å². The quantitative estimate of drug-likeness (QED) is 0.0153. The van der Waals surface area contributed by atoms with Gasteiger partial charge in [-0.3, -0.25) is 23.2 Å². The zero-order valence-electron chi connectivity index (χ0n) is 44.4. The molecule has 2 rings (SSSR count). The predicted molar refractivity (Wildman–Crippen MR) is 285 cm³/mol. The summed E-state index contributed by atoms with van der Waals surface area (Å²) in [5.74, 6) is -0.539. The van der Waals surface area contributed by atoms with Crippen LogP contribution in [0.15, 0.2) is 65.7 Å². The first-order valence-corrected chi connectivity index (χ1v) is 30.1. The molecule has 4 unspecified atom stereocenters. The van der Waals surface area contributed by atoms with Crippen molar-refractivity contribution < 1.29 is 71.4 Å². The fraction of sp³-hybridized carbons (Fsp3) is 0.736. The van der Waals surface area contributed by atoms with Crippen molar-refractivity contribution in [2.24, 2.45) is 5.92 Å². The molecule has 21 heteroatoms. The molecule has 1 fully saturated rings. The number of aliphatic hydroxyl groups is 3. The molecule has 0 bridgehead atoms. The summed E-state index contributed by atoms with van der Waals surface area (Å²) in [6.45, 7) is 4.27. The maximum absolute atomic E-state index is 12.9. The van der Waals surface area contributed by atoms with Crippen LogP contribution in [0, 0.1) is 5.92 Å². The van der Waals surface area contributed by atoms with E-state index in [2.05, 4.69) is 41.4 Å². The maximum Gasteiger partial charge on any atom is 0.481 e. The first-order valence-electron chi connectivity index (χ1n) is 27.1. The van der Waals surface area contributed by atoms with Gasteiger partial charge in [-0.05, 0) is 63.4 Å². The summed E-state index contributed by atoms with van der Waals surface area (Å²) in [5, 5.41) is 30.7. The molecule has 2 heterocycles. The lowest BCUT2D eigenvalue weighted by Crippen LogP contribution is -2.36. The van der Waals surface area contributed by atoms with E-state index in [1.807, 2.05) is 37.3 Å². The number of aromatic nitrogens is 2. The normalized spacial score (nSPS) is 20.1. The first-order chi connectivity index (χ1) is 35.5. The average Bonchev–Trinajstić information content (AvgIpc) is 3.63. The van der Waals surface area contributed by atoms with Crippen LogP contribution in [0.25, 0.3) is 0 Å². The number of phosphoric acid groups is 2. The first kappa shape index (κ1) is 66.8.